The highest BCUT2D eigenvalue weighted by Gasteiger charge is 2.62. The first-order valence-electron chi connectivity index (χ1n) is 9.62. The Kier molecular flexibility index (Phi) is 4.26. The maximum absolute atomic E-state index is 13.3. The third-order valence-corrected chi connectivity index (χ3v) is 6.53. The zero-order valence-electron chi connectivity index (χ0n) is 15.0. The summed E-state index contributed by atoms with van der Waals surface area (Å²) < 4.78 is 0. The minimum Gasteiger partial charge on any atom is -0.343 e. The van der Waals surface area contributed by atoms with E-state index in [0.717, 1.165) is 51.6 Å². The predicted octanol–water partition coefficient (Wildman–Crippen LogP) is 2.93. The monoisotopic (exact) mass is 341 g/mol. The molecule has 1 aromatic heterocycles. The molecule has 0 N–H and O–H groups in total. The topological polar surface area (TPSA) is 53.5 Å². The molecule has 3 fully saturated rings. The number of carbonyl (C=O) groups excluding carboxylic acids is 2. The molecule has 134 valence electrons. The van der Waals surface area contributed by atoms with Crippen LogP contribution in [-0.2, 0) is 9.59 Å². The minimum atomic E-state index is -0.183. The van der Waals surface area contributed by atoms with Crippen molar-refractivity contribution in [3.63, 3.8) is 0 Å². The number of rotatable bonds is 2. The van der Waals surface area contributed by atoms with Gasteiger partial charge in [0.1, 0.15) is 0 Å². The van der Waals surface area contributed by atoms with Gasteiger partial charge in [0.15, 0.2) is 0 Å². The summed E-state index contributed by atoms with van der Waals surface area (Å²) in [4.78, 5) is 33.1. The molecule has 25 heavy (non-hydrogen) atoms. The molecular formula is C20H27N3O2. The Hall–Kier alpha value is -1.91. The van der Waals surface area contributed by atoms with Gasteiger partial charge in [-0.2, -0.15) is 0 Å². The van der Waals surface area contributed by atoms with E-state index in [4.69, 9.17) is 0 Å². The number of carbonyl (C=O) groups is 2. The van der Waals surface area contributed by atoms with Crippen molar-refractivity contribution in [2.45, 2.75) is 64.0 Å². The van der Waals surface area contributed by atoms with E-state index in [1.54, 1.807) is 6.92 Å². The highest BCUT2D eigenvalue weighted by atomic mass is 16.2. The van der Waals surface area contributed by atoms with E-state index in [-0.39, 0.29) is 23.4 Å². The first kappa shape index (κ1) is 16.6. The molecule has 1 saturated carbocycles. The number of aromatic nitrogens is 1. The molecule has 0 bridgehead atoms. The molecule has 1 atom stereocenters. The van der Waals surface area contributed by atoms with Crippen LogP contribution in [0.3, 0.4) is 0 Å². The van der Waals surface area contributed by atoms with Gasteiger partial charge in [0.05, 0.1) is 11.5 Å². The Morgan fingerprint density at radius 3 is 2.36 bits per heavy atom. The minimum absolute atomic E-state index is 0.142. The van der Waals surface area contributed by atoms with E-state index in [9.17, 15) is 9.59 Å². The summed E-state index contributed by atoms with van der Waals surface area (Å²) in [5, 5.41) is 0. The SMILES string of the molecule is CC(=O)N1CCC(N2C(=O)C3(CCCCC3)C2c2ccncc2)CC1. The molecule has 1 unspecified atom stereocenters. The standard InChI is InChI=1S/C20H27N3O2/c1-15(24)22-13-7-17(8-14-22)23-18(16-5-11-21-12-6-16)20(19(23)25)9-3-2-4-10-20/h5-6,11-12,17-18H,2-4,7-10,13-14H2,1H3. The molecule has 1 aromatic rings. The first-order chi connectivity index (χ1) is 12.1. The van der Waals surface area contributed by atoms with Gasteiger partial charge in [-0.25, -0.2) is 0 Å². The van der Waals surface area contributed by atoms with Crippen LogP contribution in [0.5, 0.6) is 0 Å². The fraction of sp³-hybridized carbons (Fsp3) is 0.650. The molecule has 0 radical (unpaired) electrons. The summed E-state index contributed by atoms with van der Waals surface area (Å²) in [6.07, 6.45) is 11.1. The van der Waals surface area contributed by atoms with Gasteiger partial charge in [-0.15, -0.1) is 0 Å². The van der Waals surface area contributed by atoms with Crippen LogP contribution in [0.4, 0.5) is 0 Å². The van der Waals surface area contributed by atoms with Crippen LogP contribution in [0.25, 0.3) is 0 Å². The normalized spacial score (nSPS) is 26.6. The molecule has 3 aliphatic rings. The van der Waals surface area contributed by atoms with Crippen molar-refractivity contribution < 1.29 is 9.59 Å². The largest absolute Gasteiger partial charge is 0.343 e. The maximum Gasteiger partial charge on any atom is 0.232 e. The van der Waals surface area contributed by atoms with Crippen molar-refractivity contribution in [2.75, 3.05) is 13.1 Å². The number of likely N-dealkylation sites (tertiary alicyclic amines) is 2. The van der Waals surface area contributed by atoms with Gasteiger partial charge >= 0.3 is 0 Å². The number of nitrogens with zero attached hydrogens (tertiary/aromatic N) is 3. The second kappa shape index (κ2) is 6.43. The third-order valence-electron chi connectivity index (χ3n) is 6.53. The smallest absolute Gasteiger partial charge is 0.232 e. The van der Waals surface area contributed by atoms with E-state index in [1.807, 2.05) is 17.3 Å². The molecule has 2 aliphatic heterocycles. The van der Waals surface area contributed by atoms with Gasteiger partial charge in [0, 0.05) is 38.4 Å². The van der Waals surface area contributed by atoms with E-state index < -0.39 is 0 Å². The van der Waals surface area contributed by atoms with Crippen molar-refractivity contribution in [1.82, 2.24) is 14.8 Å². The molecule has 1 aliphatic carbocycles. The van der Waals surface area contributed by atoms with Crippen molar-refractivity contribution in [3.8, 4) is 0 Å². The lowest BCUT2D eigenvalue weighted by molar-refractivity contribution is -0.186. The Labute approximate surface area is 149 Å². The Bertz CT molecular complexity index is 646. The molecule has 2 amide bonds. The van der Waals surface area contributed by atoms with Crippen molar-refractivity contribution in [1.29, 1.82) is 0 Å². The predicted molar refractivity (Wildman–Crippen MR) is 94.6 cm³/mol. The maximum atomic E-state index is 13.3. The van der Waals surface area contributed by atoms with E-state index in [2.05, 4.69) is 22.0 Å². The Balaban J connectivity index is 1.59. The van der Waals surface area contributed by atoms with Crippen LogP contribution in [0.2, 0.25) is 0 Å². The van der Waals surface area contributed by atoms with Crippen molar-refractivity contribution in [2.24, 2.45) is 5.41 Å². The summed E-state index contributed by atoms with van der Waals surface area (Å²) >= 11 is 0. The summed E-state index contributed by atoms with van der Waals surface area (Å²) in [6.45, 7) is 3.16. The van der Waals surface area contributed by atoms with E-state index >= 15 is 0 Å². The van der Waals surface area contributed by atoms with Crippen molar-refractivity contribution in [3.05, 3.63) is 30.1 Å². The molecule has 5 heteroatoms. The zero-order valence-corrected chi connectivity index (χ0v) is 15.0. The molecular weight excluding hydrogens is 314 g/mol. The molecule has 4 rings (SSSR count). The number of pyridine rings is 1. The second-order valence-electron chi connectivity index (χ2n) is 7.85. The first-order valence-corrected chi connectivity index (χ1v) is 9.62. The van der Waals surface area contributed by atoms with Gasteiger partial charge in [-0.3, -0.25) is 14.6 Å². The number of hydrogen-bond donors (Lipinski definition) is 0. The average Bonchev–Trinajstić information content (AvgIpc) is 2.67. The summed E-state index contributed by atoms with van der Waals surface area (Å²) in [7, 11) is 0. The van der Waals surface area contributed by atoms with Gasteiger partial charge in [0.25, 0.3) is 0 Å². The van der Waals surface area contributed by atoms with E-state index in [0.29, 0.717) is 5.91 Å². The zero-order chi connectivity index (χ0) is 17.4. The molecule has 0 aromatic carbocycles. The Morgan fingerprint density at radius 1 is 1.12 bits per heavy atom. The number of piperidine rings is 1. The summed E-state index contributed by atoms with van der Waals surface area (Å²) in [6, 6.07) is 4.60. The van der Waals surface area contributed by atoms with Crippen LogP contribution in [0, 0.1) is 5.41 Å². The fourth-order valence-electron chi connectivity index (χ4n) is 5.22. The van der Waals surface area contributed by atoms with E-state index in [1.165, 1.54) is 12.0 Å². The van der Waals surface area contributed by atoms with Crippen molar-refractivity contribution >= 4 is 11.8 Å². The Morgan fingerprint density at radius 2 is 1.76 bits per heavy atom. The highest BCUT2D eigenvalue weighted by Crippen LogP contribution is 2.59. The van der Waals surface area contributed by atoms with Crippen LogP contribution in [0.15, 0.2) is 24.5 Å². The molecule has 5 nitrogen and oxygen atoms in total. The lowest BCUT2D eigenvalue weighted by Gasteiger charge is -2.61. The van der Waals surface area contributed by atoms with Crippen LogP contribution in [0.1, 0.15) is 63.5 Å². The summed E-state index contributed by atoms with van der Waals surface area (Å²) in [5.41, 5.74) is 1.04. The lowest BCUT2D eigenvalue weighted by Crippen LogP contribution is -2.67. The van der Waals surface area contributed by atoms with Gasteiger partial charge < -0.3 is 9.80 Å². The summed E-state index contributed by atoms with van der Waals surface area (Å²) in [5.74, 6) is 0.498. The van der Waals surface area contributed by atoms with Crippen LogP contribution in [-0.4, -0.2) is 45.7 Å². The number of amides is 2. The third kappa shape index (κ3) is 2.64. The number of β-lactam (4-membered cyclic amide) rings is 1. The van der Waals surface area contributed by atoms with Gasteiger partial charge in [0.2, 0.25) is 11.8 Å². The average molecular weight is 341 g/mol. The molecule has 2 saturated heterocycles. The highest BCUT2D eigenvalue weighted by molar-refractivity contribution is 5.91. The fourth-order valence-corrected chi connectivity index (χ4v) is 5.22. The second-order valence-corrected chi connectivity index (χ2v) is 7.85. The van der Waals surface area contributed by atoms with Crippen LogP contribution >= 0.6 is 0 Å². The molecule has 1 spiro atoms. The van der Waals surface area contributed by atoms with Gasteiger partial charge in [-0.1, -0.05) is 19.3 Å². The quantitative estimate of drug-likeness (QED) is 0.777. The van der Waals surface area contributed by atoms with Crippen LogP contribution < -0.4 is 0 Å². The lowest BCUT2D eigenvalue weighted by atomic mass is 9.59. The molecule has 3 heterocycles. The van der Waals surface area contributed by atoms with Gasteiger partial charge in [-0.05, 0) is 43.4 Å². The number of hydrogen-bond acceptors (Lipinski definition) is 3.